The van der Waals surface area contributed by atoms with Gasteiger partial charge in [-0.25, -0.2) is 0 Å². The van der Waals surface area contributed by atoms with Crippen LogP contribution in [0, 0.1) is 5.92 Å². The first kappa shape index (κ1) is 10.5. The fourth-order valence-corrected chi connectivity index (χ4v) is 1.95. The number of carbonyl (C=O) groups is 1. The van der Waals surface area contributed by atoms with E-state index in [4.69, 9.17) is 9.84 Å². The highest BCUT2D eigenvalue weighted by molar-refractivity contribution is 5.71. The fourth-order valence-electron chi connectivity index (χ4n) is 1.95. The first-order chi connectivity index (χ1) is 5.99. The standard InChI is InChI=1S/C9H17NO3/c1-9(6-13-3)4-7(8(11)12)5-10(9)2/h7H,4-6H2,1-3H3,(H,11,12). The molecule has 0 spiro atoms. The Hall–Kier alpha value is -0.610. The summed E-state index contributed by atoms with van der Waals surface area (Å²) in [4.78, 5) is 12.8. The maximum absolute atomic E-state index is 10.8. The van der Waals surface area contributed by atoms with Crippen LogP contribution in [0.2, 0.25) is 0 Å². The molecule has 1 rings (SSSR count). The second-order valence-corrected chi connectivity index (χ2v) is 4.05. The molecule has 76 valence electrons. The van der Waals surface area contributed by atoms with Gasteiger partial charge in [0.25, 0.3) is 0 Å². The number of nitrogens with zero attached hydrogens (tertiary/aromatic N) is 1. The quantitative estimate of drug-likeness (QED) is 0.696. The van der Waals surface area contributed by atoms with Crippen LogP contribution in [0.3, 0.4) is 0 Å². The van der Waals surface area contributed by atoms with Gasteiger partial charge in [-0.2, -0.15) is 0 Å². The first-order valence-electron chi connectivity index (χ1n) is 4.42. The fraction of sp³-hybridized carbons (Fsp3) is 0.889. The van der Waals surface area contributed by atoms with Crippen LogP contribution < -0.4 is 0 Å². The number of carboxylic acids is 1. The molecule has 2 unspecified atom stereocenters. The third-order valence-corrected chi connectivity index (χ3v) is 2.91. The summed E-state index contributed by atoms with van der Waals surface area (Å²) in [7, 11) is 3.59. The molecule has 0 aromatic rings. The number of carboxylic acid groups (broad SMARTS) is 1. The zero-order valence-electron chi connectivity index (χ0n) is 8.41. The highest BCUT2D eigenvalue weighted by atomic mass is 16.5. The zero-order valence-corrected chi connectivity index (χ0v) is 8.41. The summed E-state index contributed by atoms with van der Waals surface area (Å²) in [5.41, 5.74) is -0.113. The van der Waals surface area contributed by atoms with Crippen molar-refractivity contribution in [3.05, 3.63) is 0 Å². The Morgan fingerprint density at radius 3 is 2.77 bits per heavy atom. The zero-order chi connectivity index (χ0) is 10.1. The van der Waals surface area contributed by atoms with Crippen molar-refractivity contribution in [2.45, 2.75) is 18.9 Å². The van der Waals surface area contributed by atoms with E-state index in [1.165, 1.54) is 0 Å². The highest BCUT2D eigenvalue weighted by Crippen LogP contribution is 2.31. The number of aliphatic carboxylic acids is 1. The molecule has 1 heterocycles. The molecule has 0 aromatic carbocycles. The lowest BCUT2D eigenvalue weighted by atomic mass is 9.95. The van der Waals surface area contributed by atoms with Crippen molar-refractivity contribution in [2.24, 2.45) is 5.92 Å². The monoisotopic (exact) mass is 187 g/mol. The highest BCUT2D eigenvalue weighted by Gasteiger charge is 2.42. The molecule has 0 aliphatic carbocycles. The van der Waals surface area contributed by atoms with Gasteiger partial charge in [0.2, 0.25) is 0 Å². The Balaban J connectivity index is 2.64. The van der Waals surface area contributed by atoms with Crippen LogP contribution in [0.25, 0.3) is 0 Å². The van der Waals surface area contributed by atoms with Gasteiger partial charge in [0, 0.05) is 19.2 Å². The van der Waals surface area contributed by atoms with Crippen LogP contribution in [-0.4, -0.2) is 48.8 Å². The smallest absolute Gasteiger partial charge is 0.307 e. The van der Waals surface area contributed by atoms with Crippen molar-refractivity contribution in [2.75, 3.05) is 27.3 Å². The minimum absolute atomic E-state index is 0.113. The minimum Gasteiger partial charge on any atom is -0.481 e. The van der Waals surface area contributed by atoms with Crippen molar-refractivity contribution in [1.82, 2.24) is 4.90 Å². The Bertz CT molecular complexity index is 207. The molecule has 0 amide bonds. The number of rotatable bonds is 3. The van der Waals surface area contributed by atoms with E-state index in [1.54, 1.807) is 7.11 Å². The molecule has 2 atom stereocenters. The molecule has 13 heavy (non-hydrogen) atoms. The van der Waals surface area contributed by atoms with E-state index in [2.05, 4.69) is 4.90 Å². The third kappa shape index (κ3) is 2.00. The lowest BCUT2D eigenvalue weighted by Crippen LogP contribution is -2.42. The molecule has 1 fully saturated rings. The van der Waals surface area contributed by atoms with E-state index in [9.17, 15) is 4.79 Å². The molecular formula is C9H17NO3. The Labute approximate surface area is 78.5 Å². The molecule has 1 saturated heterocycles. The minimum atomic E-state index is -0.702. The number of hydrogen-bond acceptors (Lipinski definition) is 3. The number of ether oxygens (including phenoxy) is 1. The maximum atomic E-state index is 10.8. The lowest BCUT2D eigenvalue weighted by Gasteiger charge is -2.30. The summed E-state index contributed by atoms with van der Waals surface area (Å²) in [6, 6.07) is 0. The Kier molecular flexibility index (Phi) is 2.93. The second kappa shape index (κ2) is 3.64. The molecule has 1 aliphatic heterocycles. The van der Waals surface area contributed by atoms with Crippen LogP contribution >= 0.6 is 0 Å². The van der Waals surface area contributed by atoms with Crippen molar-refractivity contribution in [3.8, 4) is 0 Å². The summed E-state index contributed by atoms with van der Waals surface area (Å²) >= 11 is 0. The van der Waals surface area contributed by atoms with E-state index < -0.39 is 5.97 Å². The van der Waals surface area contributed by atoms with Crippen molar-refractivity contribution >= 4 is 5.97 Å². The largest absolute Gasteiger partial charge is 0.481 e. The van der Waals surface area contributed by atoms with Gasteiger partial charge >= 0.3 is 5.97 Å². The van der Waals surface area contributed by atoms with E-state index in [0.717, 1.165) is 0 Å². The van der Waals surface area contributed by atoms with E-state index in [1.807, 2.05) is 14.0 Å². The van der Waals surface area contributed by atoms with E-state index >= 15 is 0 Å². The van der Waals surface area contributed by atoms with Crippen LogP contribution in [0.5, 0.6) is 0 Å². The van der Waals surface area contributed by atoms with Gasteiger partial charge < -0.3 is 9.84 Å². The summed E-state index contributed by atoms with van der Waals surface area (Å²) in [5.74, 6) is -0.947. The molecule has 1 N–H and O–H groups in total. The van der Waals surface area contributed by atoms with Gasteiger partial charge in [0.1, 0.15) is 0 Å². The van der Waals surface area contributed by atoms with Crippen LogP contribution in [0.4, 0.5) is 0 Å². The van der Waals surface area contributed by atoms with Crippen LogP contribution in [0.1, 0.15) is 13.3 Å². The summed E-state index contributed by atoms with van der Waals surface area (Å²) in [5, 5.41) is 8.86. The van der Waals surface area contributed by atoms with Gasteiger partial charge in [-0.15, -0.1) is 0 Å². The topological polar surface area (TPSA) is 49.8 Å². The molecule has 1 aliphatic rings. The van der Waals surface area contributed by atoms with Crippen molar-refractivity contribution in [1.29, 1.82) is 0 Å². The maximum Gasteiger partial charge on any atom is 0.307 e. The Morgan fingerprint density at radius 2 is 2.38 bits per heavy atom. The molecule has 0 radical (unpaired) electrons. The van der Waals surface area contributed by atoms with E-state index in [0.29, 0.717) is 19.6 Å². The van der Waals surface area contributed by atoms with Gasteiger partial charge in [-0.3, -0.25) is 9.69 Å². The number of likely N-dealkylation sites (tertiary alicyclic amines) is 1. The van der Waals surface area contributed by atoms with Crippen molar-refractivity contribution in [3.63, 3.8) is 0 Å². The molecule has 0 bridgehead atoms. The number of likely N-dealkylation sites (N-methyl/N-ethyl adjacent to an activating group) is 1. The average molecular weight is 187 g/mol. The number of hydrogen-bond donors (Lipinski definition) is 1. The van der Waals surface area contributed by atoms with Crippen molar-refractivity contribution < 1.29 is 14.6 Å². The predicted octanol–water partition coefficient (Wildman–Crippen LogP) is 0.428. The molecule has 0 aromatic heterocycles. The molecule has 4 heteroatoms. The predicted molar refractivity (Wildman–Crippen MR) is 48.7 cm³/mol. The molecule has 0 saturated carbocycles. The Morgan fingerprint density at radius 1 is 1.77 bits per heavy atom. The normalized spacial score (nSPS) is 35.2. The summed E-state index contributed by atoms with van der Waals surface area (Å²) in [6.07, 6.45) is 0.673. The SMILES string of the molecule is COCC1(C)CC(C(=O)O)CN1C. The van der Waals surface area contributed by atoms with Crippen LogP contribution in [-0.2, 0) is 9.53 Å². The molecular weight excluding hydrogens is 170 g/mol. The van der Waals surface area contributed by atoms with Gasteiger partial charge in [-0.05, 0) is 20.4 Å². The van der Waals surface area contributed by atoms with Gasteiger partial charge in [0.15, 0.2) is 0 Å². The summed E-state index contributed by atoms with van der Waals surface area (Å²) < 4.78 is 5.09. The number of methoxy groups -OCH3 is 1. The lowest BCUT2D eigenvalue weighted by molar-refractivity contribution is -0.141. The average Bonchev–Trinajstić information content (AvgIpc) is 2.29. The van der Waals surface area contributed by atoms with Gasteiger partial charge in [-0.1, -0.05) is 0 Å². The first-order valence-corrected chi connectivity index (χ1v) is 4.42. The summed E-state index contributed by atoms with van der Waals surface area (Å²) in [6.45, 7) is 3.25. The molecule has 4 nitrogen and oxygen atoms in total. The third-order valence-electron chi connectivity index (χ3n) is 2.91. The van der Waals surface area contributed by atoms with Crippen LogP contribution in [0.15, 0.2) is 0 Å². The second-order valence-electron chi connectivity index (χ2n) is 4.05. The van der Waals surface area contributed by atoms with E-state index in [-0.39, 0.29) is 11.5 Å². The van der Waals surface area contributed by atoms with Gasteiger partial charge in [0.05, 0.1) is 12.5 Å².